The van der Waals surface area contributed by atoms with Gasteiger partial charge >= 0.3 is 0 Å². The highest BCUT2D eigenvalue weighted by Gasteiger charge is 2.48. The smallest absolute Gasteiger partial charge is 0.264 e. The molecule has 0 spiro atoms. The third-order valence-electron chi connectivity index (χ3n) is 10.2. The lowest BCUT2D eigenvalue weighted by Crippen LogP contribution is -2.52. The molecule has 0 aliphatic carbocycles. The number of ether oxygens (including phenoxy) is 3. The molecule has 326 valence electrons. The van der Waals surface area contributed by atoms with Gasteiger partial charge in [-0.05, 0) is 100 Å². The van der Waals surface area contributed by atoms with E-state index in [-0.39, 0.29) is 12.8 Å². The van der Waals surface area contributed by atoms with E-state index in [1.54, 1.807) is 38.1 Å². The first kappa shape index (κ1) is 47.5. The lowest BCUT2D eigenvalue weighted by atomic mass is 9.96. The van der Waals surface area contributed by atoms with Gasteiger partial charge in [0.15, 0.2) is 35.5 Å². The second-order valence-electron chi connectivity index (χ2n) is 14.6. The second-order valence-corrected chi connectivity index (χ2v) is 19.5. The Morgan fingerprint density at radius 1 is 0.767 bits per heavy atom. The molecule has 1 fully saturated rings. The Labute approximate surface area is 351 Å². The van der Waals surface area contributed by atoms with Crippen molar-refractivity contribution < 1.29 is 60.4 Å². The summed E-state index contributed by atoms with van der Waals surface area (Å²) in [4.78, 5) is 40.9. The van der Waals surface area contributed by atoms with Gasteiger partial charge in [0, 0.05) is 51.2 Å². The van der Waals surface area contributed by atoms with Crippen LogP contribution in [0.25, 0.3) is 0 Å². The van der Waals surface area contributed by atoms with E-state index in [1.807, 2.05) is 24.3 Å². The predicted molar refractivity (Wildman–Crippen MR) is 221 cm³/mol. The van der Waals surface area contributed by atoms with Crippen molar-refractivity contribution in [3.63, 3.8) is 0 Å². The van der Waals surface area contributed by atoms with E-state index in [0.29, 0.717) is 62.0 Å². The average molecular weight is 873 g/mol. The third kappa shape index (κ3) is 12.7. The molecule has 2 amide bonds. The summed E-state index contributed by atoms with van der Waals surface area (Å²) in [6, 6.07) is 14.5. The quantitative estimate of drug-likeness (QED) is 0.125. The third-order valence-corrected chi connectivity index (χ3v) is 14.1. The van der Waals surface area contributed by atoms with Crippen molar-refractivity contribution in [2.75, 3.05) is 32.3 Å². The zero-order valence-electron chi connectivity index (χ0n) is 34.5. The molecule has 3 aliphatic rings. The van der Waals surface area contributed by atoms with Gasteiger partial charge in [-0.3, -0.25) is 14.8 Å². The molecule has 17 nitrogen and oxygen atoms in total. The molecule has 0 aromatic heterocycles. The van der Waals surface area contributed by atoms with Crippen molar-refractivity contribution in [3.8, 4) is 35.2 Å². The van der Waals surface area contributed by atoms with E-state index in [4.69, 9.17) is 33.9 Å². The van der Waals surface area contributed by atoms with Crippen molar-refractivity contribution >= 4 is 42.9 Å². The van der Waals surface area contributed by atoms with Crippen molar-refractivity contribution in [1.29, 1.82) is 0 Å². The minimum absolute atomic E-state index is 0.0730. The van der Waals surface area contributed by atoms with Crippen LogP contribution in [-0.4, -0.2) is 106 Å². The summed E-state index contributed by atoms with van der Waals surface area (Å²) in [5.74, 6) is 10.7. The lowest BCUT2D eigenvalue weighted by Gasteiger charge is -2.29. The number of hydrogen-bond acceptors (Lipinski definition) is 15. The molecule has 3 N–H and O–H groups in total. The Morgan fingerprint density at radius 2 is 1.22 bits per heavy atom. The van der Waals surface area contributed by atoms with Crippen molar-refractivity contribution in [2.45, 2.75) is 101 Å². The predicted octanol–water partition coefficient (Wildman–Crippen LogP) is 3.63. The zero-order valence-corrected chi connectivity index (χ0v) is 36.1. The summed E-state index contributed by atoms with van der Waals surface area (Å²) in [7, 11) is -7.59. The van der Waals surface area contributed by atoms with E-state index >= 15 is 0 Å². The van der Waals surface area contributed by atoms with Gasteiger partial charge in [-0.2, -0.15) is 0 Å². The minimum Gasteiger partial charge on any atom is -0.481 e. The topological polar surface area (TPSA) is 227 Å². The van der Waals surface area contributed by atoms with Crippen LogP contribution in [0.5, 0.6) is 11.5 Å². The number of hydrogen-bond donors (Lipinski definition) is 3. The Morgan fingerprint density at radius 3 is 1.60 bits per heavy atom. The maximum atomic E-state index is 12.9. The van der Waals surface area contributed by atoms with Crippen LogP contribution >= 0.6 is 0 Å². The van der Waals surface area contributed by atoms with Gasteiger partial charge in [0.05, 0.1) is 11.4 Å². The Hall–Kier alpha value is -5.18. The summed E-state index contributed by atoms with van der Waals surface area (Å²) in [5, 5.41) is 17.0. The molecular formula is C41H52N4O13S2. The second kappa shape index (κ2) is 21.4. The highest BCUT2D eigenvalue weighted by Crippen LogP contribution is 2.31. The molecule has 1 saturated heterocycles. The van der Waals surface area contributed by atoms with E-state index in [1.165, 1.54) is 19.3 Å². The standard InChI is InChI=1S/C23H30N2O7S.C18H22N2O6S/c1-4-5-13-29-18-11-9-17(10-12-18)20-15-19(31-24-20)16-23(2,33(3,27)28)22(26)25-32-21-8-6-7-14-30-21;1-4-5-10-25-14-8-6-13(7-9-14)16-11-15(26-20-16)12-18(2,17(21)19-22)27(3,23)24/h9-12,19,21H,6-8,13-16H2,1-3H3,(H,25,26);6-9,15,22H,10-12H2,1-3H3,(H,19,21). The van der Waals surface area contributed by atoms with Crippen molar-refractivity contribution in [2.24, 2.45) is 10.3 Å². The van der Waals surface area contributed by atoms with E-state index < -0.39 is 59.5 Å². The summed E-state index contributed by atoms with van der Waals surface area (Å²) in [5.41, 5.74) is 6.65. The van der Waals surface area contributed by atoms with Crippen LogP contribution in [0.1, 0.15) is 83.8 Å². The maximum Gasteiger partial charge on any atom is 0.264 e. The Bertz CT molecular complexity index is 2220. The maximum absolute atomic E-state index is 12.9. The summed E-state index contributed by atoms with van der Waals surface area (Å²) >= 11 is 0. The molecule has 0 radical (unpaired) electrons. The minimum atomic E-state index is -3.79. The highest BCUT2D eigenvalue weighted by molar-refractivity contribution is 7.93. The van der Waals surface area contributed by atoms with Crippen molar-refractivity contribution in [3.05, 3.63) is 59.7 Å². The first-order valence-electron chi connectivity index (χ1n) is 19.1. The fourth-order valence-electron chi connectivity index (χ4n) is 6.13. The van der Waals surface area contributed by atoms with Crippen LogP contribution in [0, 0.1) is 23.7 Å². The molecular weight excluding hydrogens is 821 g/mol. The molecule has 2 aromatic rings. The number of benzene rings is 2. The largest absolute Gasteiger partial charge is 0.481 e. The number of amides is 2. The van der Waals surface area contributed by atoms with Crippen LogP contribution in [0.3, 0.4) is 0 Å². The number of carbonyl (C=O) groups excluding carboxylic acids is 2. The number of carbonyl (C=O) groups is 2. The Kier molecular flexibility index (Phi) is 16.9. The fourth-order valence-corrected chi connectivity index (χ4v) is 7.87. The number of sulfone groups is 2. The number of rotatable bonds is 16. The first-order chi connectivity index (χ1) is 28.4. The average Bonchev–Trinajstić information content (AvgIpc) is 3.90. The van der Waals surface area contributed by atoms with Crippen LogP contribution < -0.4 is 20.4 Å². The van der Waals surface area contributed by atoms with Gasteiger partial charge in [-0.1, -0.05) is 22.2 Å². The molecule has 5 unspecified atom stereocenters. The summed E-state index contributed by atoms with van der Waals surface area (Å²) < 4.78 is 62.0. The van der Waals surface area contributed by atoms with Crippen LogP contribution in [0.15, 0.2) is 58.8 Å². The molecule has 5 rings (SSSR count). The van der Waals surface area contributed by atoms with Crippen LogP contribution in [-0.2, 0) is 48.5 Å². The van der Waals surface area contributed by atoms with Crippen molar-refractivity contribution in [1.82, 2.24) is 11.0 Å². The first-order valence-corrected chi connectivity index (χ1v) is 22.8. The van der Waals surface area contributed by atoms with E-state index in [9.17, 15) is 26.4 Å². The number of nitrogens with zero attached hydrogens (tertiary/aromatic N) is 2. The van der Waals surface area contributed by atoms with Gasteiger partial charge in [0.1, 0.15) is 36.9 Å². The van der Waals surface area contributed by atoms with Crippen LogP contribution in [0.2, 0.25) is 0 Å². The molecule has 3 aliphatic heterocycles. The summed E-state index contributed by atoms with van der Waals surface area (Å²) in [6.07, 6.45) is 3.19. The molecule has 19 heteroatoms. The van der Waals surface area contributed by atoms with Crippen LogP contribution in [0.4, 0.5) is 0 Å². The number of hydroxylamine groups is 2. The highest BCUT2D eigenvalue weighted by atomic mass is 32.2. The summed E-state index contributed by atoms with van der Waals surface area (Å²) in [6.45, 7) is 7.26. The molecule has 60 heavy (non-hydrogen) atoms. The normalized spacial score (nSPS) is 20.5. The number of nitrogens with one attached hydrogen (secondary N) is 2. The number of oxime groups is 2. The molecule has 5 atom stereocenters. The van der Waals surface area contributed by atoms with Gasteiger partial charge < -0.3 is 23.9 Å². The molecule has 0 saturated carbocycles. The van der Waals surface area contributed by atoms with Gasteiger partial charge in [0.25, 0.3) is 11.8 Å². The van der Waals surface area contributed by atoms with E-state index in [2.05, 4.69) is 39.5 Å². The zero-order chi connectivity index (χ0) is 44.0. The fraction of sp³-hybridized carbons (Fsp3) is 0.512. The molecule has 0 bridgehead atoms. The van der Waals surface area contributed by atoms with Gasteiger partial charge in [-0.15, -0.1) is 11.8 Å². The lowest BCUT2D eigenvalue weighted by molar-refractivity contribution is -0.201. The molecule has 3 heterocycles. The monoisotopic (exact) mass is 872 g/mol. The van der Waals surface area contributed by atoms with E-state index in [0.717, 1.165) is 36.5 Å². The van der Waals surface area contributed by atoms with Gasteiger partial charge in [0.2, 0.25) is 0 Å². The molecule has 2 aromatic carbocycles. The Balaban J connectivity index is 0.000000270. The SMILES string of the molecule is CC#CCOc1ccc(C2=NOC(CC(C)(C(=O)NO)S(C)(=O)=O)C2)cc1.CC#CCOc1ccc(C2=NOC(CC(C)(C(=O)NOC3CCCCO3)S(C)(=O)=O)C2)cc1. The van der Waals surface area contributed by atoms with Gasteiger partial charge in [-0.25, -0.2) is 32.6 Å².